The van der Waals surface area contributed by atoms with Crippen LogP contribution >= 0.6 is 0 Å². The highest BCUT2D eigenvalue weighted by molar-refractivity contribution is 5.49. The summed E-state index contributed by atoms with van der Waals surface area (Å²) in [5.74, 6) is 0. The molecule has 1 aromatic carbocycles. The maximum Gasteiger partial charge on any atom is 0.115 e. The average molecular weight is 161 g/mol. The Kier molecular flexibility index (Phi) is 1.62. The average Bonchev–Trinajstić information content (AvgIpc) is 2.84. The Morgan fingerprint density at radius 3 is 2.75 bits per heavy atom. The van der Waals surface area contributed by atoms with Crippen LogP contribution in [0.4, 0.5) is 5.69 Å². The van der Waals surface area contributed by atoms with Crippen LogP contribution in [0.1, 0.15) is 11.7 Å². The molecular formula is C10H11NO. The van der Waals surface area contributed by atoms with Gasteiger partial charge in [-0.15, -0.1) is 6.58 Å². The van der Waals surface area contributed by atoms with Crippen LogP contribution in [0.2, 0.25) is 0 Å². The van der Waals surface area contributed by atoms with Crippen LogP contribution in [0.15, 0.2) is 36.9 Å². The normalized spacial score (nSPS) is 26.7. The second-order valence-corrected chi connectivity index (χ2v) is 2.89. The summed E-state index contributed by atoms with van der Waals surface area (Å²) < 4.78 is 5.33. The molecule has 2 atom stereocenters. The minimum atomic E-state index is 0.142. The Morgan fingerprint density at radius 2 is 2.17 bits per heavy atom. The summed E-state index contributed by atoms with van der Waals surface area (Å²) in [6, 6.07) is 7.76. The molecular weight excluding hydrogens is 150 g/mol. The van der Waals surface area contributed by atoms with E-state index in [2.05, 4.69) is 6.58 Å². The van der Waals surface area contributed by atoms with Gasteiger partial charge in [-0.3, -0.25) is 0 Å². The SMILES string of the molecule is C=CC1OC1c1ccccc1N. The van der Waals surface area contributed by atoms with Crippen molar-refractivity contribution in [3.8, 4) is 0 Å². The van der Waals surface area contributed by atoms with E-state index in [1.165, 1.54) is 0 Å². The predicted octanol–water partition coefficient (Wildman–Crippen LogP) is 1.89. The lowest BCUT2D eigenvalue weighted by Crippen LogP contribution is -1.93. The molecule has 0 bridgehead atoms. The zero-order chi connectivity index (χ0) is 8.55. The van der Waals surface area contributed by atoms with Gasteiger partial charge < -0.3 is 10.5 Å². The van der Waals surface area contributed by atoms with Gasteiger partial charge in [0.05, 0.1) is 0 Å². The third-order valence-electron chi connectivity index (χ3n) is 2.06. The zero-order valence-electron chi connectivity index (χ0n) is 6.73. The molecule has 1 aromatic rings. The van der Waals surface area contributed by atoms with Crippen LogP contribution in [-0.4, -0.2) is 6.10 Å². The number of anilines is 1. The van der Waals surface area contributed by atoms with Crippen LogP contribution in [0.5, 0.6) is 0 Å². The number of hydrogen-bond acceptors (Lipinski definition) is 2. The van der Waals surface area contributed by atoms with Crippen molar-refractivity contribution in [2.45, 2.75) is 12.2 Å². The third kappa shape index (κ3) is 1.10. The molecule has 0 aromatic heterocycles. The Balaban J connectivity index is 2.25. The van der Waals surface area contributed by atoms with E-state index >= 15 is 0 Å². The molecule has 1 heterocycles. The van der Waals surface area contributed by atoms with Crippen LogP contribution in [0, 0.1) is 0 Å². The minimum absolute atomic E-state index is 0.142. The van der Waals surface area contributed by atoms with E-state index in [1.54, 1.807) is 6.08 Å². The molecule has 1 aliphatic heterocycles. The lowest BCUT2D eigenvalue weighted by atomic mass is 10.1. The van der Waals surface area contributed by atoms with Crippen molar-refractivity contribution >= 4 is 5.69 Å². The second kappa shape index (κ2) is 2.64. The van der Waals surface area contributed by atoms with E-state index < -0.39 is 0 Å². The van der Waals surface area contributed by atoms with Gasteiger partial charge in [-0.2, -0.15) is 0 Å². The molecule has 1 fully saturated rings. The Bertz CT molecular complexity index is 308. The molecule has 2 nitrogen and oxygen atoms in total. The van der Waals surface area contributed by atoms with Crippen LogP contribution in [-0.2, 0) is 4.74 Å². The number of nitrogen functional groups attached to an aromatic ring is 1. The highest BCUT2D eigenvalue weighted by Crippen LogP contribution is 2.41. The molecule has 0 radical (unpaired) electrons. The van der Waals surface area contributed by atoms with Crippen LogP contribution in [0.25, 0.3) is 0 Å². The fraction of sp³-hybridized carbons (Fsp3) is 0.200. The van der Waals surface area contributed by atoms with Gasteiger partial charge in [0.25, 0.3) is 0 Å². The van der Waals surface area contributed by atoms with Crippen molar-refractivity contribution in [1.82, 2.24) is 0 Å². The summed E-state index contributed by atoms with van der Waals surface area (Å²) in [6.07, 6.45) is 2.11. The molecule has 12 heavy (non-hydrogen) atoms. The Hall–Kier alpha value is -1.28. The van der Waals surface area contributed by atoms with Gasteiger partial charge in [-0.05, 0) is 6.07 Å². The monoisotopic (exact) mass is 161 g/mol. The van der Waals surface area contributed by atoms with E-state index in [-0.39, 0.29) is 12.2 Å². The number of epoxide rings is 1. The quantitative estimate of drug-likeness (QED) is 0.408. The van der Waals surface area contributed by atoms with E-state index in [9.17, 15) is 0 Å². The fourth-order valence-electron chi connectivity index (χ4n) is 1.32. The number of rotatable bonds is 2. The van der Waals surface area contributed by atoms with E-state index in [0.717, 1.165) is 11.3 Å². The van der Waals surface area contributed by atoms with Crippen molar-refractivity contribution in [1.29, 1.82) is 0 Å². The first kappa shape index (κ1) is 7.37. The topological polar surface area (TPSA) is 38.5 Å². The second-order valence-electron chi connectivity index (χ2n) is 2.89. The number of para-hydroxylation sites is 1. The molecule has 2 rings (SSSR count). The zero-order valence-corrected chi connectivity index (χ0v) is 6.73. The number of nitrogens with two attached hydrogens (primary N) is 1. The minimum Gasteiger partial charge on any atom is -0.398 e. The maximum atomic E-state index is 5.76. The summed E-state index contributed by atoms with van der Waals surface area (Å²) in [5, 5.41) is 0. The molecule has 2 heteroatoms. The first-order valence-corrected chi connectivity index (χ1v) is 3.95. The lowest BCUT2D eigenvalue weighted by molar-refractivity contribution is 0.394. The molecule has 1 saturated heterocycles. The van der Waals surface area contributed by atoms with Gasteiger partial charge in [-0.1, -0.05) is 24.3 Å². The maximum absolute atomic E-state index is 5.76. The first-order valence-electron chi connectivity index (χ1n) is 3.95. The molecule has 0 aliphatic carbocycles. The van der Waals surface area contributed by atoms with Gasteiger partial charge in [0.15, 0.2) is 0 Å². The Labute approximate surface area is 71.6 Å². The highest BCUT2D eigenvalue weighted by Gasteiger charge is 2.38. The summed E-state index contributed by atoms with van der Waals surface area (Å²) in [4.78, 5) is 0. The fourth-order valence-corrected chi connectivity index (χ4v) is 1.32. The van der Waals surface area contributed by atoms with Crippen LogP contribution in [0.3, 0.4) is 0 Å². The van der Waals surface area contributed by atoms with Gasteiger partial charge >= 0.3 is 0 Å². The van der Waals surface area contributed by atoms with E-state index in [4.69, 9.17) is 10.5 Å². The van der Waals surface area contributed by atoms with E-state index in [0.29, 0.717) is 0 Å². The van der Waals surface area contributed by atoms with Crippen molar-refractivity contribution in [3.05, 3.63) is 42.5 Å². The smallest absolute Gasteiger partial charge is 0.115 e. The lowest BCUT2D eigenvalue weighted by Gasteiger charge is -1.99. The van der Waals surface area contributed by atoms with E-state index in [1.807, 2.05) is 24.3 Å². The summed E-state index contributed by atoms with van der Waals surface area (Å²) in [7, 11) is 0. The molecule has 0 amide bonds. The van der Waals surface area contributed by atoms with Crippen molar-refractivity contribution in [2.24, 2.45) is 0 Å². The summed E-state index contributed by atoms with van der Waals surface area (Å²) in [5.41, 5.74) is 7.63. The Morgan fingerprint density at radius 1 is 1.42 bits per heavy atom. The molecule has 2 unspecified atom stereocenters. The number of ether oxygens (including phenoxy) is 1. The summed E-state index contributed by atoms with van der Waals surface area (Å²) >= 11 is 0. The molecule has 2 N–H and O–H groups in total. The van der Waals surface area contributed by atoms with Crippen molar-refractivity contribution in [2.75, 3.05) is 5.73 Å². The third-order valence-corrected chi connectivity index (χ3v) is 2.06. The molecule has 0 saturated carbocycles. The number of hydrogen-bond donors (Lipinski definition) is 1. The van der Waals surface area contributed by atoms with Gasteiger partial charge in [-0.25, -0.2) is 0 Å². The predicted molar refractivity (Wildman–Crippen MR) is 48.7 cm³/mol. The molecule has 0 spiro atoms. The van der Waals surface area contributed by atoms with Crippen molar-refractivity contribution < 1.29 is 4.74 Å². The standard InChI is InChI=1S/C10H11NO/c1-2-9-10(12-9)7-5-3-4-6-8(7)11/h2-6,9-10H,1,11H2. The van der Waals surface area contributed by atoms with Gasteiger partial charge in [0.2, 0.25) is 0 Å². The van der Waals surface area contributed by atoms with Crippen LogP contribution < -0.4 is 5.73 Å². The number of benzene rings is 1. The van der Waals surface area contributed by atoms with Crippen molar-refractivity contribution in [3.63, 3.8) is 0 Å². The van der Waals surface area contributed by atoms with Gasteiger partial charge in [0, 0.05) is 11.3 Å². The first-order chi connectivity index (χ1) is 5.83. The largest absolute Gasteiger partial charge is 0.398 e. The molecule has 1 aliphatic rings. The molecule has 62 valence electrons. The highest BCUT2D eigenvalue weighted by atomic mass is 16.6. The summed E-state index contributed by atoms with van der Waals surface area (Å²) in [6.45, 7) is 3.66. The van der Waals surface area contributed by atoms with Gasteiger partial charge in [0.1, 0.15) is 12.2 Å².